The first kappa shape index (κ1) is 21.9. The standard InChI is InChI=1S/C13H9Br2F7O3S/c14-7-3-8(15)10(6-1-2-25-5-6)9(4-7)26(23,24)13(21,22)11(16,17)12(18,19)20/h3-4,6H,1-2,5H2. The van der Waals surface area contributed by atoms with E-state index in [1.165, 1.54) is 6.07 Å². The van der Waals surface area contributed by atoms with Gasteiger partial charge in [-0.3, -0.25) is 0 Å². The van der Waals surface area contributed by atoms with Crippen LogP contribution in [0.1, 0.15) is 17.9 Å². The maximum absolute atomic E-state index is 14.0. The van der Waals surface area contributed by atoms with E-state index < -0.39 is 38.0 Å². The molecule has 148 valence electrons. The third kappa shape index (κ3) is 3.39. The van der Waals surface area contributed by atoms with E-state index in [2.05, 4.69) is 31.9 Å². The second-order valence-corrected chi connectivity index (χ2v) is 9.18. The Kier molecular flexibility index (Phi) is 5.80. The van der Waals surface area contributed by atoms with Crippen molar-refractivity contribution >= 4 is 41.7 Å². The van der Waals surface area contributed by atoms with Gasteiger partial charge in [0, 0.05) is 21.5 Å². The van der Waals surface area contributed by atoms with E-state index in [0.29, 0.717) is 6.07 Å². The first-order chi connectivity index (χ1) is 11.6. The smallest absolute Gasteiger partial charge is 0.381 e. The van der Waals surface area contributed by atoms with Crippen molar-refractivity contribution < 1.29 is 43.9 Å². The van der Waals surface area contributed by atoms with E-state index >= 15 is 0 Å². The lowest BCUT2D eigenvalue weighted by atomic mass is 9.99. The number of benzene rings is 1. The molecule has 1 unspecified atom stereocenters. The molecule has 1 saturated heterocycles. The monoisotopic (exact) mass is 536 g/mol. The molecule has 1 heterocycles. The van der Waals surface area contributed by atoms with Crippen LogP contribution in [0, 0.1) is 0 Å². The summed E-state index contributed by atoms with van der Waals surface area (Å²) in [5.41, 5.74) is -0.330. The van der Waals surface area contributed by atoms with Crippen LogP contribution in [0.2, 0.25) is 0 Å². The van der Waals surface area contributed by atoms with Crippen LogP contribution >= 0.6 is 31.9 Å². The quantitative estimate of drug-likeness (QED) is 0.491. The van der Waals surface area contributed by atoms with Gasteiger partial charge in [-0.2, -0.15) is 30.7 Å². The minimum absolute atomic E-state index is 0.0351. The molecular formula is C13H9Br2F7O3S. The Hall–Kier alpha value is -0.400. The van der Waals surface area contributed by atoms with Gasteiger partial charge in [0.2, 0.25) is 0 Å². The summed E-state index contributed by atoms with van der Waals surface area (Å²) in [5, 5.41) is -6.41. The number of halogens is 9. The van der Waals surface area contributed by atoms with Crippen LogP contribution in [-0.4, -0.2) is 39.0 Å². The average molecular weight is 538 g/mol. The van der Waals surface area contributed by atoms with Gasteiger partial charge in [0.15, 0.2) is 0 Å². The van der Waals surface area contributed by atoms with Crippen molar-refractivity contribution in [2.75, 3.05) is 13.2 Å². The molecular weight excluding hydrogens is 529 g/mol. The molecule has 1 atom stereocenters. The lowest BCUT2D eigenvalue weighted by Gasteiger charge is -2.29. The van der Waals surface area contributed by atoms with E-state index in [0.717, 1.165) is 0 Å². The molecule has 0 amide bonds. The Balaban J connectivity index is 2.73. The summed E-state index contributed by atoms with van der Waals surface area (Å²) < 4.78 is 121. The predicted octanol–water partition coefficient (Wildman–Crippen LogP) is 5.28. The molecule has 1 fully saturated rings. The molecule has 0 N–H and O–H groups in total. The molecule has 0 aromatic heterocycles. The van der Waals surface area contributed by atoms with E-state index in [-0.39, 0.29) is 34.1 Å². The zero-order valence-electron chi connectivity index (χ0n) is 12.4. The molecule has 1 aromatic rings. The molecule has 0 aliphatic carbocycles. The third-order valence-corrected chi connectivity index (χ3v) is 6.70. The molecule has 0 spiro atoms. The van der Waals surface area contributed by atoms with Crippen molar-refractivity contribution in [2.24, 2.45) is 0 Å². The van der Waals surface area contributed by atoms with Crippen LogP contribution in [0.5, 0.6) is 0 Å². The Morgan fingerprint density at radius 2 is 1.62 bits per heavy atom. The first-order valence-electron chi connectivity index (χ1n) is 6.78. The molecule has 1 aromatic carbocycles. The van der Waals surface area contributed by atoms with Crippen LogP contribution in [0.3, 0.4) is 0 Å². The fourth-order valence-electron chi connectivity index (χ4n) is 2.41. The van der Waals surface area contributed by atoms with Crippen molar-refractivity contribution in [1.82, 2.24) is 0 Å². The highest BCUT2D eigenvalue weighted by molar-refractivity contribution is 9.11. The van der Waals surface area contributed by atoms with E-state index in [1.807, 2.05) is 0 Å². The van der Waals surface area contributed by atoms with Crippen molar-refractivity contribution in [3.8, 4) is 0 Å². The minimum atomic E-state index is -6.78. The van der Waals surface area contributed by atoms with Crippen LogP contribution in [0.15, 0.2) is 26.0 Å². The van der Waals surface area contributed by atoms with Gasteiger partial charge in [0.25, 0.3) is 9.84 Å². The Morgan fingerprint density at radius 3 is 2.08 bits per heavy atom. The summed E-state index contributed by atoms with van der Waals surface area (Å²) in [6, 6.07) is 1.85. The number of hydrogen-bond donors (Lipinski definition) is 0. The Bertz CT molecular complexity index is 803. The van der Waals surface area contributed by atoms with Gasteiger partial charge in [-0.05, 0) is 24.1 Å². The maximum atomic E-state index is 14.0. The Morgan fingerprint density at radius 1 is 1.04 bits per heavy atom. The summed E-state index contributed by atoms with van der Waals surface area (Å²) in [7, 11) is -6.41. The first-order valence-corrected chi connectivity index (χ1v) is 9.85. The lowest BCUT2D eigenvalue weighted by Crippen LogP contribution is -2.56. The van der Waals surface area contributed by atoms with Crippen molar-refractivity contribution in [1.29, 1.82) is 0 Å². The minimum Gasteiger partial charge on any atom is -0.381 e. The predicted molar refractivity (Wildman–Crippen MR) is 83.2 cm³/mol. The zero-order valence-corrected chi connectivity index (χ0v) is 16.4. The van der Waals surface area contributed by atoms with Crippen LogP contribution in [0.4, 0.5) is 30.7 Å². The van der Waals surface area contributed by atoms with E-state index in [1.54, 1.807) is 0 Å². The van der Waals surface area contributed by atoms with Crippen LogP contribution < -0.4 is 0 Å². The van der Waals surface area contributed by atoms with E-state index in [4.69, 9.17) is 4.74 Å². The highest BCUT2D eigenvalue weighted by Gasteiger charge is 2.78. The summed E-state index contributed by atoms with van der Waals surface area (Å²) in [6.07, 6.45) is -6.58. The van der Waals surface area contributed by atoms with Crippen LogP contribution in [-0.2, 0) is 14.6 Å². The van der Waals surface area contributed by atoms with Gasteiger partial charge in [0.05, 0.1) is 11.5 Å². The van der Waals surface area contributed by atoms with Crippen molar-refractivity contribution in [2.45, 2.75) is 34.6 Å². The second kappa shape index (κ2) is 6.89. The summed E-state index contributed by atoms with van der Waals surface area (Å²) >= 11 is 5.78. The van der Waals surface area contributed by atoms with E-state index in [9.17, 15) is 39.2 Å². The summed E-state index contributed by atoms with van der Waals surface area (Å²) in [6.45, 7) is 0.0613. The molecule has 2 rings (SSSR count). The fraction of sp³-hybridized carbons (Fsp3) is 0.538. The largest absolute Gasteiger partial charge is 0.461 e. The molecule has 1 aliphatic rings. The summed E-state index contributed by atoms with van der Waals surface area (Å²) in [5.74, 6) is -7.55. The van der Waals surface area contributed by atoms with Crippen molar-refractivity contribution in [3.05, 3.63) is 26.6 Å². The molecule has 1 aliphatic heterocycles. The van der Waals surface area contributed by atoms with Gasteiger partial charge in [-0.25, -0.2) is 8.42 Å². The third-order valence-electron chi connectivity index (χ3n) is 3.74. The molecule has 0 saturated carbocycles. The number of hydrogen-bond acceptors (Lipinski definition) is 3. The normalized spacial score (nSPS) is 19.8. The number of ether oxygens (including phenoxy) is 1. The number of alkyl halides is 7. The van der Waals surface area contributed by atoms with Gasteiger partial charge < -0.3 is 4.74 Å². The second-order valence-electron chi connectivity index (χ2n) is 5.45. The summed E-state index contributed by atoms with van der Waals surface area (Å²) in [4.78, 5) is -1.32. The topological polar surface area (TPSA) is 43.4 Å². The highest BCUT2D eigenvalue weighted by Crippen LogP contribution is 2.52. The van der Waals surface area contributed by atoms with Gasteiger partial charge >= 0.3 is 17.4 Å². The Labute approximate surface area is 160 Å². The van der Waals surface area contributed by atoms with Gasteiger partial charge in [0.1, 0.15) is 0 Å². The lowest BCUT2D eigenvalue weighted by molar-refractivity contribution is -0.332. The zero-order chi connectivity index (χ0) is 20.1. The molecule has 26 heavy (non-hydrogen) atoms. The number of sulfone groups is 1. The van der Waals surface area contributed by atoms with Crippen LogP contribution in [0.25, 0.3) is 0 Å². The van der Waals surface area contributed by atoms with Crippen molar-refractivity contribution in [3.63, 3.8) is 0 Å². The van der Waals surface area contributed by atoms with Gasteiger partial charge in [-0.1, -0.05) is 31.9 Å². The molecule has 3 nitrogen and oxygen atoms in total. The SMILES string of the molecule is O=S(=O)(c1cc(Br)cc(Br)c1C1CCOC1)C(F)(F)C(F)(F)C(F)(F)F. The molecule has 0 bridgehead atoms. The maximum Gasteiger partial charge on any atom is 0.461 e. The molecule has 0 radical (unpaired) electrons. The van der Waals surface area contributed by atoms with Gasteiger partial charge in [-0.15, -0.1) is 0 Å². The highest BCUT2D eigenvalue weighted by atomic mass is 79.9. The molecule has 13 heteroatoms. The number of rotatable bonds is 4. The average Bonchev–Trinajstić information content (AvgIpc) is 2.98. The fourth-order valence-corrected chi connectivity index (χ4v) is 5.82.